The maximum Gasteiger partial charge on any atom is 0.253 e. The Hall–Kier alpha value is -2.99. The molecule has 1 aliphatic rings. The predicted octanol–water partition coefficient (Wildman–Crippen LogP) is 3.77. The molecule has 3 heterocycles. The summed E-state index contributed by atoms with van der Waals surface area (Å²) in [5, 5.41) is 5.12. The molecular formula is C23H23N3O2S. The topological polar surface area (TPSA) is 62.3 Å². The minimum Gasteiger partial charge on any atom is -0.353 e. The molecule has 0 spiro atoms. The van der Waals surface area contributed by atoms with E-state index in [2.05, 4.69) is 16.4 Å². The minimum atomic E-state index is -0.0161. The molecule has 1 fully saturated rings. The molecule has 6 heteroatoms. The first-order valence-electron chi connectivity index (χ1n) is 9.81. The van der Waals surface area contributed by atoms with Crippen LogP contribution >= 0.6 is 11.3 Å². The summed E-state index contributed by atoms with van der Waals surface area (Å²) in [6.07, 6.45) is 3.52. The zero-order valence-electron chi connectivity index (χ0n) is 16.1. The summed E-state index contributed by atoms with van der Waals surface area (Å²) in [6, 6.07) is 17.6. The molecule has 1 N–H and O–H groups in total. The largest absolute Gasteiger partial charge is 0.353 e. The molecule has 0 unspecified atom stereocenters. The van der Waals surface area contributed by atoms with E-state index in [0.29, 0.717) is 18.7 Å². The van der Waals surface area contributed by atoms with Crippen molar-refractivity contribution < 1.29 is 9.59 Å². The van der Waals surface area contributed by atoms with Crippen LogP contribution in [0.3, 0.4) is 0 Å². The van der Waals surface area contributed by atoms with Crippen molar-refractivity contribution in [3.05, 3.63) is 77.4 Å². The maximum atomic E-state index is 12.8. The lowest BCUT2D eigenvalue weighted by Crippen LogP contribution is -2.46. The van der Waals surface area contributed by atoms with E-state index in [1.165, 1.54) is 4.88 Å². The fourth-order valence-electron chi connectivity index (χ4n) is 3.58. The van der Waals surface area contributed by atoms with Crippen LogP contribution in [-0.4, -0.2) is 40.8 Å². The van der Waals surface area contributed by atoms with Crippen molar-refractivity contribution in [2.45, 2.75) is 25.3 Å². The highest BCUT2D eigenvalue weighted by Gasteiger charge is 2.24. The van der Waals surface area contributed by atoms with Crippen molar-refractivity contribution in [2.24, 2.45) is 0 Å². The number of hydrogen-bond donors (Lipinski definition) is 1. The SMILES string of the molecule is O=C(Cc1ccccn1)NC1CCN(C(=O)c2ccc(-c3cccs3)cc2)CC1. The van der Waals surface area contributed by atoms with Crippen LogP contribution in [0.5, 0.6) is 0 Å². The highest BCUT2D eigenvalue weighted by molar-refractivity contribution is 7.13. The number of carbonyl (C=O) groups excluding carboxylic acids is 2. The number of hydrogen-bond acceptors (Lipinski definition) is 4. The summed E-state index contributed by atoms with van der Waals surface area (Å²) >= 11 is 1.69. The second kappa shape index (κ2) is 9.01. The molecule has 3 aromatic rings. The average molecular weight is 406 g/mol. The smallest absolute Gasteiger partial charge is 0.253 e. The maximum absolute atomic E-state index is 12.8. The summed E-state index contributed by atoms with van der Waals surface area (Å²) in [6.45, 7) is 1.31. The molecule has 1 aromatic carbocycles. The van der Waals surface area contributed by atoms with Crippen molar-refractivity contribution in [1.82, 2.24) is 15.2 Å². The van der Waals surface area contributed by atoms with Crippen LogP contribution in [0.2, 0.25) is 0 Å². The van der Waals surface area contributed by atoms with E-state index in [1.54, 1.807) is 17.5 Å². The molecule has 0 radical (unpaired) electrons. The molecule has 2 amide bonds. The van der Waals surface area contributed by atoms with E-state index < -0.39 is 0 Å². The van der Waals surface area contributed by atoms with Crippen molar-refractivity contribution in [3.63, 3.8) is 0 Å². The molecule has 0 bridgehead atoms. The van der Waals surface area contributed by atoms with Gasteiger partial charge in [-0.2, -0.15) is 0 Å². The molecule has 1 aliphatic heterocycles. The van der Waals surface area contributed by atoms with Gasteiger partial charge in [0, 0.05) is 41.5 Å². The molecule has 4 rings (SSSR count). The summed E-state index contributed by atoms with van der Waals surface area (Å²) in [5.74, 6) is 0.0404. The lowest BCUT2D eigenvalue weighted by atomic mass is 10.0. The van der Waals surface area contributed by atoms with Gasteiger partial charge >= 0.3 is 0 Å². The monoisotopic (exact) mass is 405 g/mol. The first-order valence-corrected chi connectivity index (χ1v) is 10.7. The number of rotatable bonds is 5. The van der Waals surface area contributed by atoms with Gasteiger partial charge in [0.1, 0.15) is 0 Å². The molecule has 1 saturated heterocycles. The van der Waals surface area contributed by atoms with Gasteiger partial charge in [0.2, 0.25) is 5.91 Å². The Balaban J connectivity index is 1.28. The van der Waals surface area contributed by atoms with Gasteiger partial charge in [-0.25, -0.2) is 0 Å². The number of benzene rings is 1. The highest BCUT2D eigenvalue weighted by Crippen LogP contribution is 2.25. The number of thiophene rings is 1. The van der Waals surface area contributed by atoms with Crippen LogP contribution in [0.15, 0.2) is 66.2 Å². The Morgan fingerprint density at radius 2 is 1.83 bits per heavy atom. The average Bonchev–Trinajstić information content (AvgIpc) is 3.29. The number of pyridine rings is 1. The van der Waals surface area contributed by atoms with Crippen LogP contribution in [0.25, 0.3) is 10.4 Å². The predicted molar refractivity (Wildman–Crippen MR) is 115 cm³/mol. The number of nitrogens with one attached hydrogen (secondary N) is 1. The standard InChI is InChI=1S/C23H23N3O2S/c27-22(16-20-4-1-2-12-24-20)25-19-10-13-26(14-11-19)23(28)18-8-6-17(7-9-18)21-5-3-15-29-21/h1-9,12,15,19H,10-11,13-14,16H2,(H,25,27). The second-order valence-corrected chi connectivity index (χ2v) is 8.13. The first-order chi connectivity index (χ1) is 14.2. The van der Waals surface area contributed by atoms with E-state index >= 15 is 0 Å². The molecule has 29 heavy (non-hydrogen) atoms. The van der Waals surface area contributed by atoms with E-state index in [1.807, 2.05) is 58.8 Å². The third kappa shape index (κ3) is 4.90. The summed E-state index contributed by atoms with van der Waals surface area (Å²) in [7, 11) is 0. The van der Waals surface area contributed by atoms with E-state index in [9.17, 15) is 9.59 Å². The third-order valence-electron chi connectivity index (χ3n) is 5.15. The summed E-state index contributed by atoms with van der Waals surface area (Å²) < 4.78 is 0. The molecule has 148 valence electrons. The van der Waals surface area contributed by atoms with Gasteiger partial charge in [-0.05, 0) is 54.1 Å². The molecule has 5 nitrogen and oxygen atoms in total. The zero-order chi connectivity index (χ0) is 20.1. The van der Waals surface area contributed by atoms with E-state index in [0.717, 1.165) is 24.1 Å². The Labute approximate surface area is 174 Å². The van der Waals surface area contributed by atoms with Crippen LogP contribution in [0, 0.1) is 0 Å². The van der Waals surface area contributed by atoms with Gasteiger partial charge in [-0.15, -0.1) is 11.3 Å². The van der Waals surface area contributed by atoms with E-state index in [-0.39, 0.29) is 24.3 Å². The Bertz CT molecular complexity index is 948. The quantitative estimate of drug-likeness (QED) is 0.703. The Morgan fingerprint density at radius 1 is 1.03 bits per heavy atom. The van der Waals surface area contributed by atoms with Crippen molar-refractivity contribution in [3.8, 4) is 10.4 Å². The van der Waals surface area contributed by atoms with Gasteiger partial charge in [-0.1, -0.05) is 24.3 Å². The second-order valence-electron chi connectivity index (χ2n) is 7.19. The fourth-order valence-corrected chi connectivity index (χ4v) is 4.31. The van der Waals surface area contributed by atoms with Crippen molar-refractivity contribution >= 4 is 23.2 Å². The zero-order valence-corrected chi connectivity index (χ0v) is 16.9. The van der Waals surface area contributed by atoms with Crippen molar-refractivity contribution in [2.75, 3.05) is 13.1 Å². The van der Waals surface area contributed by atoms with Crippen LogP contribution in [-0.2, 0) is 11.2 Å². The Kier molecular flexibility index (Phi) is 6.00. The van der Waals surface area contributed by atoms with Crippen LogP contribution < -0.4 is 5.32 Å². The number of nitrogens with zero attached hydrogens (tertiary/aromatic N) is 2. The van der Waals surface area contributed by atoms with Gasteiger partial charge in [0.25, 0.3) is 5.91 Å². The van der Waals surface area contributed by atoms with E-state index in [4.69, 9.17) is 0 Å². The lowest BCUT2D eigenvalue weighted by Gasteiger charge is -2.32. The summed E-state index contributed by atoms with van der Waals surface area (Å²) in [4.78, 5) is 32.3. The van der Waals surface area contributed by atoms with Gasteiger partial charge in [0.05, 0.1) is 6.42 Å². The number of aromatic nitrogens is 1. The fraction of sp³-hybridized carbons (Fsp3) is 0.261. The summed E-state index contributed by atoms with van der Waals surface area (Å²) in [5.41, 5.74) is 2.61. The third-order valence-corrected chi connectivity index (χ3v) is 6.07. The normalized spacial score (nSPS) is 14.6. The number of likely N-dealkylation sites (tertiary alicyclic amines) is 1. The lowest BCUT2D eigenvalue weighted by molar-refractivity contribution is -0.121. The molecule has 0 aliphatic carbocycles. The van der Waals surface area contributed by atoms with Crippen molar-refractivity contribution in [1.29, 1.82) is 0 Å². The van der Waals surface area contributed by atoms with Crippen LogP contribution in [0.4, 0.5) is 0 Å². The van der Waals surface area contributed by atoms with Gasteiger partial charge < -0.3 is 10.2 Å². The minimum absolute atomic E-state index is 0.0161. The first kappa shape index (κ1) is 19.3. The van der Waals surface area contributed by atoms with Gasteiger partial charge in [0.15, 0.2) is 0 Å². The van der Waals surface area contributed by atoms with Gasteiger partial charge in [-0.3, -0.25) is 14.6 Å². The van der Waals surface area contributed by atoms with Crippen LogP contribution in [0.1, 0.15) is 28.9 Å². The molecule has 2 aromatic heterocycles. The highest BCUT2D eigenvalue weighted by atomic mass is 32.1. The molecule has 0 saturated carbocycles. The number of piperidine rings is 1. The molecular weight excluding hydrogens is 382 g/mol. The number of carbonyl (C=O) groups is 2. The molecule has 0 atom stereocenters. The number of amides is 2. The Morgan fingerprint density at radius 3 is 2.48 bits per heavy atom.